The van der Waals surface area contributed by atoms with E-state index in [1.165, 1.54) is 11.5 Å². The van der Waals surface area contributed by atoms with Crippen LogP contribution in [0.1, 0.15) is 5.56 Å². The predicted octanol–water partition coefficient (Wildman–Crippen LogP) is 4.28. The lowest BCUT2D eigenvalue weighted by Crippen LogP contribution is -1.82. The van der Waals surface area contributed by atoms with Crippen molar-refractivity contribution in [2.24, 2.45) is 0 Å². The van der Waals surface area contributed by atoms with Gasteiger partial charge in [-0.3, -0.25) is 0 Å². The maximum atomic E-state index is 13.2. The number of aromatic nitrogens is 1. The van der Waals surface area contributed by atoms with Gasteiger partial charge in [-0.15, -0.1) is 0 Å². The largest absolute Gasteiger partial charge is 0.354 e. The molecule has 0 amide bonds. The number of hydrogen-bond donors (Lipinski definition) is 1. The monoisotopic (exact) mass is 225 g/mol. The molecule has 3 rings (SSSR count). The van der Waals surface area contributed by atoms with Crippen LogP contribution in [0.4, 0.5) is 4.39 Å². The molecule has 2 aromatic carbocycles. The van der Waals surface area contributed by atoms with Gasteiger partial charge in [0.2, 0.25) is 0 Å². The third-order valence-corrected chi connectivity index (χ3v) is 3.08. The van der Waals surface area contributed by atoms with E-state index in [0.717, 1.165) is 22.3 Å². The van der Waals surface area contributed by atoms with Gasteiger partial charge in [0.05, 0.1) is 0 Å². The number of aryl methyl sites for hydroxylation is 1. The Morgan fingerprint density at radius 2 is 1.82 bits per heavy atom. The molecule has 0 bridgehead atoms. The van der Waals surface area contributed by atoms with Gasteiger partial charge in [0.1, 0.15) is 5.82 Å². The van der Waals surface area contributed by atoms with Crippen LogP contribution in [0.5, 0.6) is 0 Å². The smallest absolute Gasteiger partial charge is 0.123 e. The van der Waals surface area contributed by atoms with Crippen molar-refractivity contribution in [1.82, 2.24) is 4.98 Å². The third kappa shape index (κ3) is 1.62. The zero-order valence-corrected chi connectivity index (χ0v) is 9.50. The highest BCUT2D eigenvalue weighted by Gasteiger charge is 2.09. The van der Waals surface area contributed by atoms with Gasteiger partial charge in [0.15, 0.2) is 0 Å². The standard InChI is InChI=1S/C15H12FN/c1-10-13-7-2-3-8-14(13)17-15(10)11-5-4-6-12(16)9-11/h2-9,17H,1H3. The highest BCUT2D eigenvalue weighted by Crippen LogP contribution is 2.29. The van der Waals surface area contributed by atoms with Crippen molar-refractivity contribution >= 4 is 10.9 Å². The molecule has 0 unspecified atom stereocenters. The van der Waals surface area contributed by atoms with Crippen LogP contribution >= 0.6 is 0 Å². The van der Waals surface area contributed by atoms with Crippen molar-refractivity contribution in [2.45, 2.75) is 6.92 Å². The molecule has 0 saturated carbocycles. The zero-order chi connectivity index (χ0) is 11.8. The third-order valence-electron chi connectivity index (χ3n) is 3.08. The second kappa shape index (κ2) is 3.74. The summed E-state index contributed by atoms with van der Waals surface area (Å²) < 4.78 is 13.2. The number of nitrogens with one attached hydrogen (secondary N) is 1. The molecule has 2 heteroatoms. The van der Waals surface area contributed by atoms with Crippen LogP contribution in [0.15, 0.2) is 48.5 Å². The van der Waals surface area contributed by atoms with Gasteiger partial charge in [-0.2, -0.15) is 0 Å². The first-order chi connectivity index (χ1) is 8.25. The van der Waals surface area contributed by atoms with Crippen LogP contribution in [0.3, 0.4) is 0 Å². The molecule has 0 aliphatic heterocycles. The van der Waals surface area contributed by atoms with E-state index in [1.807, 2.05) is 24.3 Å². The molecule has 3 aromatic rings. The minimum atomic E-state index is -0.208. The first-order valence-electron chi connectivity index (χ1n) is 5.59. The van der Waals surface area contributed by atoms with E-state index in [1.54, 1.807) is 12.1 Å². The molecule has 1 N–H and O–H groups in total. The van der Waals surface area contributed by atoms with Crippen molar-refractivity contribution in [3.05, 3.63) is 59.9 Å². The Labute approximate surface area is 98.9 Å². The average Bonchev–Trinajstić information content (AvgIpc) is 2.68. The number of H-pyrrole nitrogens is 1. The number of aromatic amines is 1. The Hall–Kier alpha value is -2.09. The van der Waals surface area contributed by atoms with Crippen molar-refractivity contribution in [3.8, 4) is 11.3 Å². The Kier molecular flexibility index (Phi) is 2.22. The fourth-order valence-corrected chi connectivity index (χ4v) is 2.21. The summed E-state index contributed by atoms with van der Waals surface area (Å²) in [4.78, 5) is 3.34. The normalized spacial score (nSPS) is 10.9. The van der Waals surface area contributed by atoms with Crippen LogP contribution in [0, 0.1) is 12.7 Å². The quantitative estimate of drug-likeness (QED) is 0.636. The molecule has 1 nitrogen and oxygen atoms in total. The molecule has 17 heavy (non-hydrogen) atoms. The van der Waals surface area contributed by atoms with E-state index in [0.29, 0.717) is 0 Å². The van der Waals surface area contributed by atoms with E-state index in [9.17, 15) is 4.39 Å². The van der Waals surface area contributed by atoms with Crippen molar-refractivity contribution in [3.63, 3.8) is 0 Å². The van der Waals surface area contributed by atoms with Gasteiger partial charge in [-0.1, -0.05) is 30.3 Å². The van der Waals surface area contributed by atoms with Crippen LogP contribution in [-0.2, 0) is 0 Å². The summed E-state index contributed by atoms with van der Waals surface area (Å²) in [6, 6.07) is 14.8. The van der Waals surface area contributed by atoms with Crippen LogP contribution in [0.25, 0.3) is 22.2 Å². The zero-order valence-electron chi connectivity index (χ0n) is 9.50. The van der Waals surface area contributed by atoms with E-state index >= 15 is 0 Å². The number of rotatable bonds is 1. The summed E-state index contributed by atoms with van der Waals surface area (Å²) in [7, 11) is 0. The molecule has 1 heterocycles. The summed E-state index contributed by atoms with van der Waals surface area (Å²) in [6.07, 6.45) is 0. The summed E-state index contributed by atoms with van der Waals surface area (Å²) in [5.74, 6) is -0.208. The SMILES string of the molecule is Cc1c(-c2cccc(F)c2)[nH]c2ccccc12. The van der Waals surface area contributed by atoms with Crippen molar-refractivity contribution in [1.29, 1.82) is 0 Å². The van der Waals surface area contributed by atoms with Gasteiger partial charge in [-0.05, 0) is 30.7 Å². The maximum absolute atomic E-state index is 13.2. The summed E-state index contributed by atoms with van der Waals surface area (Å²) >= 11 is 0. The summed E-state index contributed by atoms with van der Waals surface area (Å²) in [6.45, 7) is 2.05. The minimum Gasteiger partial charge on any atom is -0.354 e. The lowest BCUT2D eigenvalue weighted by molar-refractivity contribution is 0.628. The second-order valence-electron chi connectivity index (χ2n) is 4.18. The van der Waals surface area contributed by atoms with Gasteiger partial charge in [0, 0.05) is 22.2 Å². The van der Waals surface area contributed by atoms with E-state index in [4.69, 9.17) is 0 Å². The predicted molar refractivity (Wildman–Crippen MR) is 68.4 cm³/mol. The highest BCUT2D eigenvalue weighted by atomic mass is 19.1. The molecule has 0 radical (unpaired) electrons. The lowest BCUT2D eigenvalue weighted by Gasteiger charge is -2.00. The van der Waals surface area contributed by atoms with E-state index < -0.39 is 0 Å². The molecule has 0 spiro atoms. The van der Waals surface area contributed by atoms with Gasteiger partial charge in [-0.25, -0.2) is 4.39 Å². The molecule has 0 saturated heterocycles. The number of hydrogen-bond acceptors (Lipinski definition) is 0. The average molecular weight is 225 g/mol. The number of fused-ring (bicyclic) bond motifs is 1. The van der Waals surface area contributed by atoms with E-state index in [2.05, 4.69) is 18.0 Å². The summed E-state index contributed by atoms with van der Waals surface area (Å²) in [5.41, 5.74) is 4.12. The molecule has 84 valence electrons. The topological polar surface area (TPSA) is 15.8 Å². The van der Waals surface area contributed by atoms with Gasteiger partial charge >= 0.3 is 0 Å². The second-order valence-corrected chi connectivity index (χ2v) is 4.18. The van der Waals surface area contributed by atoms with Gasteiger partial charge < -0.3 is 4.98 Å². The Morgan fingerprint density at radius 1 is 1.00 bits per heavy atom. The molecule has 0 aliphatic rings. The molecule has 0 aliphatic carbocycles. The molecular weight excluding hydrogens is 213 g/mol. The van der Waals surface area contributed by atoms with Crippen LogP contribution in [-0.4, -0.2) is 4.98 Å². The Bertz CT molecular complexity index is 682. The Balaban J connectivity index is 2.27. The van der Waals surface area contributed by atoms with Crippen molar-refractivity contribution in [2.75, 3.05) is 0 Å². The Morgan fingerprint density at radius 3 is 2.59 bits per heavy atom. The highest BCUT2D eigenvalue weighted by molar-refractivity contribution is 5.90. The molecular formula is C15H12FN. The summed E-state index contributed by atoms with van der Waals surface area (Å²) in [5, 5.41) is 1.19. The van der Waals surface area contributed by atoms with Crippen molar-refractivity contribution < 1.29 is 4.39 Å². The number of para-hydroxylation sites is 1. The van der Waals surface area contributed by atoms with Gasteiger partial charge in [0.25, 0.3) is 0 Å². The molecule has 0 fully saturated rings. The van der Waals surface area contributed by atoms with Crippen LogP contribution in [0.2, 0.25) is 0 Å². The number of benzene rings is 2. The fraction of sp³-hybridized carbons (Fsp3) is 0.0667. The van der Waals surface area contributed by atoms with E-state index in [-0.39, 0.29) is 5.82 Å². The maximum Gasteiger partial charge on any atom is 0.123 e. The minimum absolute atomic E-state index is 0.208. The first-order valence-corrected chi connectivity index (χ1v) is 5.59. The fourth-order valence-electron chi connectivity index (χ4n) is 2.21. The van der Waals surface area contributed by atoms with Crippen LogP contribution < -0.4 is 0 Å². The first kappa shape index (κ1) is 10.1. The number of halogens is 1. The molecule has 0 atom stereocenters. The lowest BCUT2D eigenvalue weighted by atomic mass is 10.1. The molecule has 1 aromatic heterocycles.